The summed E-state index contributed by atoms with van der Waals surface area (Å²) in [7, 11) is 0. The molecule has 1 aliphatic rings. The van der Waals surface area contributed by atoms with Crippen molar-refractivity contribution in [2.24, 2.45) is 0 Å². The number of aromatic amines is 1. The van der Waals surface area contributed by atoms with E-state index in [9.17, 15) is 9.90 Å². The number of hydrogen-bond donors (Lipinski definition) is 2. The van der Waals surface area contributed by atoms with Gasteiger partial charge in [0.05, 0.1) is 25.4 Å². The molecule has 2 aromatic rings. The van der Waals surface area contributed by atoms with Crippen LogP contribution in [0.1, 0.15) is 26.0 Å². The Morgan fingerprint density at radius 3 is 3.09 bits per heavy atom. The number of aliphatic hydroxyl groups excluding tert-OH is 1. The van der Waals surface area contributed by atoms with Gasteiger partial charge in [-0.1, -0.05) is 13.3 Å². The van der Waals surface area contributed by atoms with Crippen LogP contribution >= 0.6 is 0 Å². The Hall–Kier alpha value is -1.77. The Labute approximate surface area is 127 Å². The van der Waals surface area contributed by atoms with Gasteiger partial charge in [-0.15, -0.1) is 0 Å². The van der Waals surface area contributed by atoms with Crippen LogP contribution in [0.3, 0.4) is 0 Å². The average molecular weight is 307 g/mol. The van der Waals surface area contributed by atoms with Crippen LogP contribution in [-0.2, 0) is 4.74 Å². The summed E-state index contributed by atoms with van der Waals surface area (Å²) in [5, 5.41) is 9.46. The molecule has 0 amide bonds. The van der Waals surface area contributed by atoms with Gasteiger partial charge in [-0.3, -0.25) is 14.3 Å². The lowest BCUT2D eigenvalue weighted by atomic mass is 10.2. The first-order valence-corrected chi connectivity index (χ1v) is 7.61. The Bertz CT molecular complexity index is 682. The summed E-state index contributed by atoms with van der Waals surface area (Å²) >= 11 is 0. The number of rotatable bonds is 5. The fraction of sp³-hybridized carbons (Fsp3) is 0.643. The maximum atomic E-state index is 11.7. The zero-order valence-electron chi connectivity index (χ0n) is 12.6. The SMILES string of the molecule is CCCCN1C[C@@H](CO)O[C@@H](n2cnc3c(=O)[nH]cnc32)C1. The van der Waals surface area contributed by atoms with Crippen LogP contribution in [0.15, 0.2) is 17.4 Å². The van der Waals surface area contributed by atoms with Crippen molar-refractivity contribution in [1.82, 2.24) is 24.4 Å². The number of aromatic nitrogens is 4. The Kier molecular flexibility index (Phi) is 4.51. The molecule has 0 aliphatic carbocycles. The summed E-state index contributed by atoms with van der Waals surface area (Å²) in [6.45, 7) is 4.50. The van der Waals surface area contributed by atoms with E-state index in [1.165, 1.54) is 6.33 Å². The van der Waals surface area contributed by atoms with Gasteiger partial charge < -0.3 is 14.8 Å². The molecule has 0 spiro atoms. The largest absolute Gasteiger partial charge is 0.394 e. The van der Waals surface area contributed by atoms with E-state index >= 15 is 0 Å². The van der Waals surface area contributed by atoms with Gasteiger partial charge in [0, 0.05) is 13.1 Å². The van der Waals surface area contributed by atoms with Crippen molar-refractivity contribution in [2.75, 3.05) is 26.2 Å². The molecule has 0 aromatic carbocycles. The molecule has 1 aliphatic heterocycles. The predicted molar refractivity (Wildman–Crippen MR) is 80.5 cm³/mol. The summed E-state index contributed by atoms with van der Waals surface area (Å²) in [6, 6.07) is 0. The summed E-state index contributed by atoms with van der Waals surface area (Å²) in [4.78, 5) is 24.9. The van der Waals surface area contributed by atoms with E-state index in [1.807, 2.05) is 0 Å². The quantitative estimate of drug-likeness (QED) is 0.814. The summed E-state index contributed by atoms with van der Waals surface area (Å²) in [5.41, 5.74) is 0.543. The molecule has 1 saturated heterocycles. The average Bonchev–Trinajstić information content (AvgIpc) is 2.98. The summed E-state index contributed by atoms with van der Waals surface area (Å²) in [5.74, 6) is 0. The third-order valence-corrected chi connectivity index (χ3v) is 3.93. The van der Waals surface area contributed by atoms with Crippen molar-refractivity contribution >= 4 is 11.2 Å². The number of aliphatic hydroxyl groups is 1. The highest BCUT2D eigenvalue weighted by molar-refractivity contribution is 5.68. The minimum atomic E-state index is -0.304. The van der Waals surface area contributed by atoms with Gasteiger partial charge >= 0.3 is 0 Å². The monoisotopic (exact) mass is 307 g/mol. The molecule has 1 fully saturated rings. The van der Waals surface area contributed by atoms with Crippen molar-refractivity contribution in [3.8, 4) is 0 Å². The molecule has 3 rings (SSSR count). The van der Waals surface area contributed by atoms with Crippen LogP contribution in [0.4, 0.5) is 0 Å². The molecular weight excluding hydrogens is 286 g/mol. The molecule has 0 bridgehead atoms. The first kappa shape index (κ1) is 15.1. The van der Waals surface area contributed by atoms with Crippen molar-refractivity contribution in [1.29, 1.82) is 0 Å². The van der Waals surface area contributed by atoms with E-state index in [2.05, 4.69) is 26.8 Å². The van der Waals surface area contributed by atoms with E-state index in [-0.39, 0.29) is 24.5 Å². The first-order valence-electron chi connectivity index (χ1n) is 7.61. The smallest absolute Gasteiger partial charge is 0.278 e. The molecular formula is C14H21N5O3. The minimum absolute atomic E-state index is 0.0280. The molecule has 22 heavy (non-hydrogen) atoms. The van der Waals surface area contributed by atoms with Crippen LogP contribution in [0.5, 0.6) is 0 Å². The van der Waals surface area contributed by atoms with Crippen molar-refractivity contribution in [3.63, 3.8) is 0 Å². The standard InChI is InChI=1S/C14H21N5O3/c1-2-3-4-18-5-10(7-20)22-11(6-18)19-9-17-12-13(19)15-8-16-14(12)21/h8-11,20H,2-7H2,1H3,(H,15,16,21)/t10-,11+/m0/s1. The van der Waals surface area contributed by atoms with Crippen LogP contribution in [0, 0.1) is 0 Å². The number of fused-ring (bicyclic) bond motifs is 1. The van der Waals surface area contributed by atoms with Gasteiger partial charge in [0.15, 0.2) is 11.2 Å². The molecule has 0 radical (unpaired) electrons. The molecule has 2 aromatic heterocycles. The molecule has 0 unspecified atom stereocenters. The highest BCUT2D eigenvalue weighted by Crippen LogP contribution is 2.22. The molecule has 8 nitrogen and oxygen atoms in total. The normalized spacial score (nSPS) is 23.2. The topological polar surface area (TPSA) is 96.3 Å². The van der Waals surface area contributed by atoms with Crippen LogP contribution in [0.25, 0.3) is 11.2 Å². The lowest BCUT2D eigenvalue weighted by Crippen LogP contribution is -2.47. The number of nitrogens with one attached hydrogen (secondary N) is 1. The Morgan fingerprint density at radius 1 is 1.45 bits per heavy atom. The van der Waals surface area contributed by atoms with E-state index < -0.39 is 0 Å². The van der Waals surface area contributed by atoms with Gasteiger partial charge in [-0.2, -0.15) is 0 Å². The highest BCUT2D eigenvalue weighted by atomic mass is 16.5. The number of ether oxygens (including phenoxy) is 1. The van der Waals surface area contributed by atoms with Crippen molar-refractivity contribution in [3.05, 3.63) is 23.0 Å². The van der Waals surface area contributed by atoms with E-state index in [4.69, 9.17) is 4.74 Å². The molecule has 120 valence electrons. The maximum absolute atomic E-state index is 11.7. The number of unbranched alkanes of at least 4 members (excludes halogenated alkanes) is 1. The van der Waals surface area contributed by atoms with Gasteiger partial charge in [0.2, 0.25) is 0 Å². The third-order valence-electron chi connectivity index (χ3n) is 3.93. The second-order valence-electron chi connectivity index (χ2n) is 5.56. The Balaban J connectivity index is 1.87. The fourth-order valence-corrected chi connectivity index (χ4v) is 2.78. The Morgan fingerprint density at radius 2 is 2.32 bits per heavy atom. The summed E-state index contributed by atoms with van der Waals surface area (Å²) < 4.78 is 7.69. The molecule has 2 atom stereocenters. The molecule has 3 heterocycles. The van der Waals surface area contributed by atoms with Gasteiger partial charge in [-0.05, 0) is 13.0 Å². The van der Waals surface area contributed by atoms with Crippen molar-refractivity contribution < 1.29 is 9.84 Å². The number of nitrogens with zero attached hydrogens (tertiary/aromatic N) is 4. The summed E-state index contributed by atoms with van der Waals surface area (Å²) in [6.07, 6.45) is 4.63. The van der Waals surface area contributed by atoms with Crippen LogP contribution < -0.4 is 5.56 Å². The lowest BCUT2D eigenvalue weighted by molar-refractivity contribution is -0.133. The fourth-order valence-electron chi connectivity index (χ4n) is 2.78. The first-order chi connectivity index (χ1) is 10.7. The predicted octanol–water partition coefficient (Wildman–Crippen LogP) is 0.111. The minimum Gasteiger partial charge on any atom is -0.394 e. The lowest BCUT2D eigenvalue weighted by Gasteiger charge is -2.37. The van der Waals surface area contributed by atoms with E-state index in [0.29, 0.717) is 24.3 Å². The van der Waals surface area contributed by atoms with Crippen LogP contribution in [0.2, 0.25) is 0 Å². The zero-order chi connectivity index (χ0) is 15.5. The molecule has 0 saturated carbocycles. The highest BCUT2D eigenvalue weighted by Gasteiger charge is 2.29. The van der Waals surface area contributed by atoms with E-state index in [1.54, 1.807) is 10.9 Å². The number of morpholine rings is 1. The molecule has 2 N–H and O–H groups in total. The molecule has 8 heteroatoms. The second kappa shape index (κ2) is 6.55. The van der Waals surface area contributed by atoms with Gasteiger partial charge in [0.25, 0.3) is 5.56 Å². The third kappa shape index (κ3) is 2.90. The van der Waals surface area contributed by atoms with Crippen molar-refractivity contribution in [2.45, 2.75) is 32.1 Å². The zero-order valence-corrected chi connectivity index (χ0v) is 12.6. The number of hydrogen-bond acceptors (Lipinski definition) is 6. The van der Waals surface area contributed by atoms with E-state index in [0.717, 1.165) is 19.4 Å². The second-order valence-corrected chi connectivity index (χ2v) is 5.56. The maximum Gasteiger partial charge on any atom is 0.278 e. The number of imidazole rings is 1. The van der Waals surface area contributed by atoms with Crippen LogP contribution in [-0.4, -0.2) is 61.9 Å². The van der Waals surface area contributed by atoms with Gasteiger partial charge in [-0.25, -0.2) is 9.97 Å². The number of H-pyrrole nitrogens is 1. The van der Waals surface area contributed by atoms with Gasteiger partial charge in [0.1, 0.15) is 6.23 Å².